The van der Waals surface area contributed by atoms with Gasteiger partial charge in [-0.3, -0.25) is 9.78 Å². The van der Waals surface area contributed by atoms with Gasteiger partial charge in [0.05, 0.1) is 23.5 Å². The molecule has 1 N–H and O–H groups in total. The van der Waals surface area contributed by atoms with Crippen LogP contribution in [0.3, 0.4) is 0 Å². The molecule has 1 atom stereocenters. The maximum atomic E-state index is 10.9. The monoisotopic (exact) mass is 205 g/mol. The zero-order valence-corrected chi connectivity index (χ0v) is 8.51. The SMILES string of the molecule is CC(C(=O)O)c1nccc2c1ncn2C. The summed E-state index contributed by atoms with van der Waals surface area (Å²) in [6.07, 6.45) is 3.27. The van der Waals surface area contributed by atoms with Crippen LogP contribution in [0, 0.1) is 0 Å². The van der Waals surface area contributed by atoms with Gasteiger partial charge in [0.2, 0.25) is 0 Å². The molecule has 0 saturated carbocycles. The quantitative estimate of drug-likeness (QED) is 0.798. The fourth-order valence-electron chi connectivity index (χ4n) is 1.52. The van der Waals surface area contributed by atoms with Crippen LogP contribution in [0.5, 0.6) is 0 Å². The Balaban J connectivity index is 2.66. The maximum Gasteiger partial charge on any atom is 0.312 e. The molecule has 0 spiro atoms. The molecule has 78 valence electrons. The van der Waals surface area contributed by atoms with E-state index in [0.29, 0.717) is 11.2 Å². The summed E-state index contributed by atoms with van der Waals surface area (Å²) < 4.78 is 1.84. The Morgan fingerprint density at radius 3 is 2.93 bits per heavy atom. The molecule has 0 saturated heterocycles. The van der Waals surface area contributed by atoms with Crippen LogP contribution >= 0.6 is 0 Å². The first-order valence-electron chi connectivity index (χ1n) is 4.60. The van der Waals surface area contributed by atoms with Gasteiger partial charge in [0.25, 0.3) is 0 Å². The van der Waals surface area contributed by atoms with E-state index in [1.54, 1.807) is 19.4 Å². The van der Waals surface area contributed by atoms with E-state index in [1.165, 1.54) is 0 Å². The van der Waals surface area contributed by atoms with Crippen molar-refractivity contribution in [3.8, 4) is 0 Å². The Kier molecular flexibility index (Phi) is 2.15. The van der Waals surface area contributed by atoms with Crippen molar-refractivity contribution in [1.29, 1.82) is 0 Å². The van der Waals surface area contributed by atoms with Crippen LogP contribution in [0.2, 0.25) is 0 Å². The summed E-state index contributed by atoms with van der Waals surface area (Å²) in [4.78, 5) is 19.1. The Labute approximate surface area is 86.4 Å². The zero-order valence-electron chi connectivity index (χ0n) is 8.51. The highest BCUT2D eigenvalue weighted by Crippen LogP contribution is 2.21. The Bertz CT molecular complexity index is 518. The van der Waals surface area contributed by atoms with E-state index < -0.39 is 11.9 Å². The fraction of sp³-hybridized carbons (Fsp3) is 0.300. The molecule has 0 aliphatic heterocycles. The number of carbonyl (C=O) groups is 1. The summed E-state index contributed by atoms with van der Waals surface area (Å²) in [5.74, 6) is -1.52. The van der Waals surface area contributed by atoms with Gasteiger partial charge in [0.15, 0.2) is 0 Å². The first-order valence-corrected chi connectivity index (χ1v) is 4.60. The van der Waals surface area contributed by atoms with Crippen LogP contribution in [0.15, 0.2) is 18.6 Å². The Morgan fingerprint density at radius 1 is 1.53 bits per heavy atom. The van der Waals surface area contributed by atoms with Crippen LogP contribution in [-0.2, 0) is 11.8 Å². The molecular formula is C10H11N3O2. The van der Waals surface area contributed by atoms with Crippen molar-refractivity contribution in [2.45, 2.75) is 12.8 Å². The minimum Gasteiger partial charge on any atom is -0.481 e. The molecular weight excluding hydrogens is 194 g/mol. The molecule has 0 aliphatic rings. The lowest BCUT2D eigenvalue weighted by molar-refractivity contribution is -0.138. The van der Waals surface area contributed by atoms with Crippen LogP contribution in [-0.4, -0.2) is 25.6 Å². The van der Waals surface area contributed by atoms with Gasteiger partial charge in [-0.1, -0.05) is 0 Å². The number of aryl methyl sites for hydroxylation is 1. The van der Waals surface area contributed by atoms with Crippen LogP contribution < -0.4 is 0 Å². The molecule has 0 aromatic carbocycles. The van der Waals surface area contributed by atoms with Crippen molar-refractivity contribution in [2.75, 3.05) is 0 Å². The number of carboxylic acids is 1. The predicted octanol–water partition coefficient (Wildman–Crippen LogP) is 1.16. The number of nitrogens with zero attached hydrogens (tertiary/aromatic N) is 3. The summed E-state index contributed by atoms with van der Waals surface area (Å²) in [6, 6.07) is 1.82. The van der Waals surface area contributed by atoms with Gasteiger partial charge < -0.3 is 9.67 Å². The lowest BCUT2D eigenvalue weighted by Gasteiger charge is -2.05. The van der Waals surface area contributed by atoms with Crippen molar-refractivity contribution < 1.29 is 9.90 Å². The molecule has 0 bridgehead atoms. The topological polar surface area (TPSA) is 68.0 Å². The number of rotatable bonds is 2. The highest BCUT2D eigenvalue weighted by molar-refractivity contribution is 5.84. The van der Waals surface area contributed by atoms with E-state index in [1.807, 2.05) is 17.7 Å². The van der Waals surface area contributed by atoms with Gasteiger partial charge in [-0.25, -0.2) is 4.98 Å². The molecule has 0 fully saturated rings. The van der Waals surface area contributed by atoms with Crippen molar-refractivity contribution in [3.63, 3.8) is 0 Å². The molecule has 0 amide bonds. The van der Waals surface area contributed by atoms with Crippen LogP contribution in [0.4, 0.5) is 0 Å². The molecule has 2 aromatic rings. The molecule has 2 heterocycles. The molecule has 5 heteroatoms. The van der Waals surface area contributed by atoms with Crippen molar-refractivity contribution in [1.82, 2.24) is 14.5 Å². The minimum atomic E-state index is -0.888. The second-order valence-corrected chi connectivity index (χ2v) is 3.48. The lowest BCUT2D eigenvalue weighted by Crippen LogP contribution is -2.09. The summed E-state index contributed by atoms with van der Waals surface area (Å²) in [5.41, 5.74) is 2.07. The van der Waals surface area contributed by atoms with Crippen LogP contribution in [0.1, 0.15) is 18.5 Å². The molecule has 15 heavy (non-hydrogen) atoms. The molecule has 0 aliphatic carbocycles. The molecule has 5 nitrogen and oxygen atoms in total. The number of carboxylic acid groups (broad SMARTS) is 1. The third-order valence-corrected chi connectivity index (χ3v) is 2.45. The summed E-state index contributed by atoms with van der Waals surface area (Å²) in [7, 11) is 1.87. The second-order valence-electron chi connectivity index (χ2n) is 3.48. The molecule has 0 radical (unpaired) electrons. The van der Waals surface area contributed by atoms with Crippen molar-refractivity contribution >= 4 is 17.0 Å². The average molecular weight is 205 g/mol. The van der Waals surface area contributed by atoms with Crippen molar-refractivity contribution in [2.24, 2.45) is 7.05 Å². The summed E-state index contributed by atoms with van der Waals surface area (Å²) in [6.45, 7) is 1.61. The Hall–Kier alpha value is -1.91. The highest BCUT2D eigenvalue weighted by Gasteiger charge is 2.19. The van der Waals surface area contributed by atoms with Crippen LogP contribution in [0.25, 0.3) is 11.0 Å². The molecule has 1 unspecified atom stereocenters. The second kappa shape index (κ2) is 3.34. The number of imidazole rings is 1. The number of aliphatic carboxylic acids is 1. The normalized spacial score (nSPS) is 12.9. The first-order chi connectivity index (χ1) is 7.11. The standard InChI is InChI=1S/C10H11N3O2/c1-6(10(14)15)8-9-7(3-4-11-8)13(2)5-12-9/h3-6H,1-2H3,(H,14,15). The van der Waals surface area contributed by atoms with E-state index in [0.717, 1.165) is 5.52 Å². The van der Waals surface area contributed by atoms with E-state index in [-0.39, 0.29) is 0 Å². The highest BCUT2D eigenvalue weighted by atomic mass is 16.4. The summed E-state index contributed by atoms with van der Waals surface area (Å²) >= 11 is 0. The number of hydrogen-bond acceptors (Lipinski definition) is 3. The van der Waals surface area contributed by atoms with Crippen molar-refractivity contribution in [3.05, 3.63) is 24.3 Å². The Morgan fingerprint density at radius 2 is 2.27 bits per heavy atom. The maximum absolute atomic E-state index is 10.9. The largest absolute Gasteiger partial charge is 0.481 e. The van der Waals surface area contributed by atoms with Gasteiger partial charge in [0.1, 0.15) is 5.52 Å². The van der Waals surface area contributed by atoms with Gasteiger partial charge in [-0.2, -0.15) is 0 Å². The van der Waals surface area contributed by atoms with E-state index in [9.17, 15) is 4.79 Å². The van der Waals surface area contributed by atoms with E-state index in [4.69, 9.17) is 5.11 Å². The van der Waals surface area contributed by atoms with Gasteiger partial charge >= 0.3 is 5.97 Å². The molecule has 2 aromatic heterocycles. The van der Waals surface area contributed by atoms with Gasteiger partial charge in [0, 0.05) is 13.2 Å². The average Bonchev–Trinajstić information content (AvgIpc) is 2.59. The van der Waals surface area contributed by atoms with Gasteiger partial charge in [-0.05, 0) is 13.0 Å². The third-order valence-electron chi connectivity index (χ3n) is 2.45. The zero-order chi connectivity index (χ0) is 11.0. The predicted molar refractivity (Wildman–Crippen MR) is 54.6 cm³/mol. The van der Waals surface area contributed by atoms with E-state index in [2.05, 4.69) is 9.97 Å². The molecule has 2 rings (SSSR count). The first kappa shape index (κ1) is 9.64. The number of fused-ring (bicyclic) bond motifs is 1. The van der Waals surface area contributed by atoms with E-state index >= 15 is 0 Å². The lowest BCUT2D eigenvalue weighted by atomic mass is 10.1. The number of hydrogen-bond donors (Lipinski definition) is 1. The summed E-state index contributed by atoms with van der Waals surface area (Å²) in [5, 5.41) is 8.93. The third kappa shape index (κ3) is 1.45. The minimum absolute atomic E-state index is 0.514. The smallest absolute Gasteiger partial charge is 0.312 e. The van der Waals surface area contributed by atoms with Gasteiger partial charge in [-0.15, -0.1) is 0 Å². The number of aromatic nitrogens is 3. The number of pyridine rings is 1. The fourth-order valence-corrected chi connectivity index (χ4v) is 1.52.